The van der Waals surface area contributed by atoms with E-state index in [0.29, 0.717) is 0 Å². The number of fused-ring (bicyclic) bond motifs is 14. The van der Waals surface area contributed by atoms with Crippen molar-refractivity contribution in [3.63, 3.8) is 0 Å². The summed E-state index contributed by atoms with van der Waals surface area (Å²) in [4.78, 5) is 11.1. The van der Waals surface area contributed by atoms with Gasteiger partial charge in [0.05, 0.1) is 33.1 Å². The van der Waals surface area contributed by atoms with Crippen molar-refractivity contribution in [2.45, 2.75) is 19.3 Å². The molecule has 55 heavy (non-hydrogen) atoms. The Kier molecular flexibility index (Phi) is 6.09. The lowest BCUT2D eigenvalue weighted by Crippen LogP contribution is -2.17. The Bertz CT molecular complexity index is 3400. The van der Waals surface area contributed by atoms with Gasteiger partial charge in [-0.1, -0.05) is 141 Å². The first kappa shape index (κ1) is 30.4. The first-order valence-corrected chi connectivity index (χ1v) is 19.0. The van der Waals surface area contributed by atoms with E-state index >= 15 is 0 Å². The van der Waals surface area contributed by atoms with Gasteiger partial charge in [0, 0.05) is 38.2 Å². The van der Waals surface area contributed by atoms with Crippen molar-refractivity contribution in [1.29, 1.82) is 0 Å². The molecule has 0 N–H and O–H groups in total. The molecule has 8 aromatic carbocycles. The van der Waals surface area contributed by atoms with E-state index in [9.17, 15) is 0 Å². The molecular formula is C51H34N4. The quantitative estimate of drug-likeness (QED) is 0.184. The topological polar surface area (TPSA) is 35.6 Å². The minimum absolute atomic E-state index is 0.264. The lowest BCUT2D eigenvalue weighted by atomic mass is 9.80. The molecule has 1 aliphatic rings. The average Bonchev–Trinajstić information content (AvgIpc) is 3.84. The van der Waals surface area contributed by atoms with Crippen LogP contribution in [0.25, 0.3) is 99.3 Å². The molecule has 0 amide bonds. The summed E-state index contributed by atoms with van der Waals surface area (Å²) in [7, 11) is 0. The minimum Gasteiger partial charge on any atom is -0.309 e. The molecule has 0 saturated carbocycles. The Hall–Kier alpha value is -7.04. The van der Waals surface area contributed by atoms with Crippen molar-refractivity contribution in [3.8, 4) is 33.9 Å². The third kappa shape index (κ3) is 4.06. The van der Waals surface area contributed by atoms with Gasteiger partial charge in [0.25, 0.3) is 0 Å². The molecule has 1 aliphatic carbocycles. The van der Waals surface area contributed by atoms with Gasteiger partial charge < -0.3 is 4.57 Å². The van der Waals surface area contributed by atoms with E-state index in [2.05, 4.69) is 193 Å². The van der Waals surface area contributed by atoms with Crippen molar-refractivity contribution in [2.75, 3.05) is 0 Å². The first-order valence-electron chi connectivity index (χ1n) is 19.0. The van der Waals surface area contributed by atoms with Crippen molar-refractivity contribution >= 4 is 65.4 Å². The van der Waals surface area contributed by atoms with Gasteiger partial charge in [-0.3, -0.25) is 4.57 Å². The highest BCUT2D eigenvalue weighted by molar-refractivity contribution is 6.27. The molecule has 0 spiro atoms. The van der Waals surface area contributed by atoms with Gasteiger partial charge in [-0.15, -0.1) is 0 Å². The van der Waals surface area contributed by atoms with Crippen molar-refractivity contribution in [3.05, 3.63) is 181 Å². The molecule has 0 saturated heterocycles. The number of hydrogen-bond acceptors (Lipinski definition) is 2. The Morgan fingerprint density at radius 1 is 0.473 bits per heavy atom. The zero-order valence-electron chi connectivity index (χ0n) is 30.5. The predicted octanol–water partition coefficient (Wildman–Crippen LogP) is 13.0. The summed E-state index contributed by atoms with van der Waals surface area (Å²) in [5, 5.41) is 7.44. The van der Waals surface area contributed by atoms with Crippen LogP contribution in [0.2, 0.25) is 0 Å². The van der Waals surface area contributed by atoms with E-state index in [-0.39, 0.29) is 5.41 Å². The van der Waals surface area contributed by atoms with Crippen LogP contribution in [-0.2, 0) is 5.41 Å². The maximum Gasteiger partial charge on any atom is 0.165 e. The van der Waals surface area contributed by atoms with Gasteiger partial charge in [0.2, 0.25) is 0 Å². The van der Waals surface area contributed by atoms with E-state index in [1.54, 1.807) is 0 Å². The summed E-state index contributed by atoms with van der Waals surface area (Å²) in [5.74, 6) is 0.829. The molecular weight excluding hydrogens is 669 g/mol. The normalized spacial score (nSPS) is 13.4. The molecule has 4 nitrogen and oxygen atoms in total. The average molecular weight is 703 g/mol. The monoisotopic (exact) mass is 702 g/mol. The van der Waals surface area contributed by atoms with E-state index in [1.165, 1.54) is 65.6 Å². The van der Waals surface area contributed by atoms with Crippen molar-refractivity contribution in [1.82, 2.24) is 19.1 Å². The Morgan fingerprint density at radius 3 is 1.87 bits per heavy atom. The fraction of sp³-hybridized carbons (Fsp3) is 0.0588. The summed E-state index contributed by atoms with van der Waals surface area (Å²) in [6, 6.07) is 61.2. The second-order valence-corrected chi connectivity index (χ2v) is 15.3. The second kappa shape index (κ2) is 11.0. The molecule has 3 aromatic heterocycles. The number of rotatable bonds is 3. The minimum atomic E-state index is -0.264. The maximum absolute atomic E-state index is 5.59. The van der Waals surface area contributed by atoms with Gasteiger partial charge >= 0.3 is 0 Å². The maximum atomic E-state index is 5.59. The molecule has 0 fully saturated rings. The van der Waals surface area contributed by atoms with Crippen LogP contribution in [0, 0.1) is 0 Å². The van der Waals surface area contributed by atoms with Gasteiger partial charge in [-0.05, 0) is 75.5 Å². The SMILES string of the molecule is CC1(C)c2ccccc2-c2c1c1c(c3ccccc23)c2ccccc2n1-c1nc2ccccc2nc1-c1ccc2c3ccccc3n(-c3ccccc3)c2c1. The first-order chi connectivity index (χ1) is 27.1. The largest absolute Gasteiger partial charge is 0.309 e. The lowest BCUT2D eigenvalue weighted by molar-refractivity contribution is 0.664. The zero-order valence-corrected chi connectivity index (χ0v) is 30.5. The Morgan fingerprint density at radius 2 is 1.07 bits per heavy atom. The molecule has 4 heteroatoms. The van der Waals surface area contributed by atoms with Crippen LogP contribution in [-0.4, -0.2) is 19.1 Å². The van der Waals surface area contributed by atoms with Crippen LogP contribution in [0.15, 0.2) is 170 Å². The molecule has 11 aromatic rings. The van der Waals surface area contributed by atoms with Crippen molar-refractivity contribution in [2.24, 2.45) is 0 Å². The highest BCUT2D eigenvalue weighted by Crippen LogP contribution is 2.56. The summed E-state index contributed by atoms with van der Waals surface area (Å²) >= 11 is 0. The Balaban J connectivity index is 1.26. The fourth-order valence-electron chi connectivity index (χ4n) is 9.72. The van der Waals surface area contributed by atoms with Crippen LogP contribution >= 0.6 is 0 Å². The van der Waals surface area contributed by atoms with Crippen LogP contribution in [0.4, 0.5) is 0 Å². The molecule has 0 aliphatic heterocycles. The van der Waals surface area contributed by atoms with E-state index < -0.39 is 0 Å². The molecule has 258 valence electrons. The lowest BCUT2D eigenvalue weighted by Gasteiger charge is -2.24. The highest BCUT2D eigenvalue weighted by atomic mass is 15.1. The third-order valence-corrected chi connectivity index (χ3v) is 12.0. The molecule has 3 heterocycles. The van der Waals surface area contributed by atoms with Crippen molar-refractivity contribution < 1.29 is 0 Å². The second-order valence-electron chi connectivity index (χ2n) is 15.3. The molecule has 0 radical (unpaired) electrons. The number of hydrogen-bond donors (Lipinski definition) is 0. The van der Waals surface area contributed by atoms with Crippen LogP contribution in [0.5, 0.6) is 0 Å². The number of benzene rings is 8. The van der Waals surface area contributed by atoms with Gasteiger partial charge in [0.1, 0.15) is 5.69 Å². The number of nitrogens with zero attached hydrogens (tertiary/aromatic N) is 4. The van der Waals surface area contributed by atoms with E-state index in [1.807, 2.05) is 0 Å². The van der Waals surface area contributed by atoms with Crippen LogP contribution < -0.4 is 0 Å². The number of para-hydroxylation sites is 5. The molecule has 0 bridgehead atoms. The van der Waals surface area contributed by atoms with Crippen LogP contribution in [0.3, 0.4) is 0 Å². The molecule has 0 unspecified atom stereocenters. The molecule has 0 atom stereocenters. The number of aromatic nitrogens is 4. The summed E-state index contributed by atoms with van der Waals surface area (Å²) in [6.07, 6.45) is 0. The Labute approximate surface area is 317 Å². The smallest absolute Gasteiger partial charge is 0.165 e. The fourth-order valence-corrected chi connectivity index (χ4v) is 9.72. The van der Waals surface area contributed by atoms with E-state index in [4.69, 9.17) is 9.97 Å². The predicted molar refractivity (Wildman–Crippen MR) is 229 cm³/mol. The molecule has 12 rings (SSSR count). The zero-order chi connectivity index (χ0) is 36.4. The highest BCUT2D eigenvalue weighted by Gasteiger charge is 2.40. The standard InChI is InChI=1S/C51H34N4/c1-51(2)39-23-11-8-21-37(39)45-35-19-6-7-20-36(35)46-38-22-10-15-27-43(38)55(49(46)47(45)51)50-48(52-40-24-12-13-25-41(40)53-50)31-28-29-34-33-18-9-14-26-42(33)54(44(34)30-31)32-16-4-3-5-17-32/h3-30H,1-2H3. The third-order valence-electron chi connectivity index (χ3n) is 12.0. The summed E-state index contributed by atoms with van der Waals surface area (Å²) in [6.45, 7) is 4.77. The van der Waals surface area contributed by atoms with E-state index in [0.717, 1.165) is 44.8 Å². The van der Waals surface area contributed by atoms with Crippen LogP contribution in [0.1, 0.15) is 25.0 Å². The van der Waals surface area contributed by atoms with Gasteiger partial charge in [0.15, 0.2) is 5.82 Å². The van der Waals surface area contributed by atoms with Gasteiger partial charge in [-0.25, -0.2) is 9.97 Å². The van der Waals surface area contributed by atoms with Gasteiger partial charge in [-0.2, -0.15) is 0 Å². The summed E-state index contributed by atoms with van der Waals surface area (Å²) < 4.78 is 4.82. The summed E-state index contributed by atoms with van der Waals surface area (Å²) in [5.41, 5.74) is 14.4.